The summed E-state index contributed by atoms with van der Waals surface area (Å²) in [7, 11) is 0. The van der Waals surface area contributed by atoms with Crippen LogP contribution in [0, 0.1) is 19.3 Å². The van der Waals surface area contributed by atoms with Crippen LogP contribution in [0.4, 0.5) is 0 Å². The maximum atomic E-state index is 11.8. The van der Waals surface area contributed by atoms with Gasteiger partial charge in [0.05, 0.1) is 12.5 Å². The molecule has 0 aliphatic carbocycles. The molecule has 1 aromatic rings. The molecule has 106 valence electrons. The van der Waals surface area contributed by atoms with E-state index < -0.39 is 18.1 Å². The van der Waals surface area contributed by atoms with Crippen LogP contribution in [0.15, 0.2) is 24.3 Å². The second kappa shape index (κ2) is 7.34. The molecule has 1 rings (SSSR count). The van der Waals surface area contributed by atoms with Crippen molar-refractivity contribution in [1.82, 2.24) is 5.32 Å². The molecule has 0 bridgehead atoms. The summed E-state index contributed by atoms with van der Waals surface area (Å²) >= 11 is 0. The van der Waals surface area contributed by atoms with Crippen LogP contribution < -0.4 is 5.32 Å². The first-order valence-electron chi connectivity index (χ1n) is 6.41. The summed E-state index contributed by atoms with van der Waals surface area (Å²) in [6.07, 6.45) is 4.64. The van der Waals surface area contributed by atoms with Gasteiger partial charge in [-0.25, -0.2) is 0 Å². The average molecular weight is 273 g/mol. The van der Waals surface area contributed by atoms with Gasteiger partial charge in [-0.1, -0.05) is 35.7 Å². The summed E-state index contributed by atoms with van der Waals surface area (Å²) in [5.41, 5.74) is 1.97. The largest absolute Gasteiger partial charge is 0.449 e. The standard InChI is InChI=1S/C16H19NO3/c1-5-12(3)20-16(19)10-15(17-13(4)18)14-8-6-11(2)7-9-14/h1,6-9,12,15H,10H2,2-4H3,(H,17,18)/t12-,15+/m1/s1. The first-order valence-corrected chi connectivity index (χ1v) is 6.41. The molecule has 0 unspecified atom stereocenters. The first kappa shape index (κ1) is 15.8. The molecule has 0 saturated carbocycles. The third kappa shape index (κ3) is 5.15. The van der Waals surface area contributed by atoms with Gasteiger partial charge in [0.2, 0.25) is 5.91 Å². The predicted octanol–water partition coefficient (Wildman–Crippen LogP) is 2.13. The van der Waals surface area contributed by atoms with Gasteiger partial charge in [0.25, 0.3) is 0 Å². The van der Waals surface area contributed by atoms with Gasteiger partial charge in [0, 0.05) is 6.92 Å². The molecule has 0 radical (unpaired) electrons. The second-order valence-corrected chi connectivity index (χ2v) is 4.67. The van der Waals surface area contributed by atoms with Crippen molar-refractivity contribution >= 4 is 11.9 Å². The van der Waals surface area contributed by atoms with Crippen molar-refractivity contribution in [1.29, 1.82) is 0 Å². The van der Waals surface area contributed by atoms with Gasteiger partial charge in [0.15, 0.2) is 6.10 Å². The summed E-state index contributed by atoms with van der Waals surface area (Å²) < 4.78 is 5.03. The van der Waals surface area contributed by atoms with Crippen molar-refractivity contribution in [2.75, 3.05) is 0 Å². The van der Waals surface area contributed by atoms with Crippen LogP contribution in [0.3, 0.4) is 0 Å². The Balaban J connectivity index is 2.80. The molecule has 0 saturated heterocycles. The van der Waals surface area contributed by atoms with Crippen LogP contribution in [-0.4, -0.2) is 18.0 Å². The Morgan fingerprint density at radius 1 is 1.35 bits per heavy atom. The number of benzene rings is 1. The van der Waals surface area contributed by atoms with Crippen LogP contribution in [0.2, 0.25) is 0 Å². The molecular weight excluding hydrogens is 254 g/mol. The number of terminal acetylenes is 1. The van der Waals surface area contributed by atoms with E-state index in [1.807, 2.05) is 31.2 Å². The Kier molecular flexibility index (Phi) is 5.79. The smallest absolute Gasteiger partial charge is 0.309 e. The number of hydrogen-bond donors (Lipinski definition) is 1. The number of aryl methyl sites for hydroxylation is 1. The predicted molar refractivity (Wildman–Crippen MR) is 76.7 cm³/mol. The molecule has 4 nitrogen and oxygen atoms in total. The van der Waals surface area contributed by atoms with E-state index in [-0.39, 0.29) is 12.3 Å². The summed E-state index contributed by atoms with van der Waals surface area (Å²) in [6, 6.07) is 7.21. The topological polar surface area (TPSA) is 55.4 Å². The molecule has 2 atom stereocenters. The van der Waals surface area contributed by atoms with E-state index in [1.165, 1.54) is 6.92 Å². The zero-order valence-electron chi connectivity index (χ0n) is 12.0. The van der Waals surface area contributed by atoms with Gasteiger partial charge >= 0.3 is 5.97 Å². The van der Waals surface area contributed by atoms with Gasteiger partial charge in [-0.05, 0) is 19.4 Å². The van der Waals surface area contributed by atoms with Crippen molar-refractivity contribution in [3.63, 3.8) is 0 Å². The second-order valence-electron chi connectivity index (χ2n) is 4.67. The van der Waals surface area contributed by atoms with E-state index in [0.717, 1.165) is 11.1 Å². The Hall–Kier alpha value is -2.28. The number of amides is 1. The minimum Gasteiger partial charge on any atom is -0.449 e. The molecule has 1 aromatic carbocycles. The van der Waals surface area contributed by atoms with Crippen LogP contribution in [0.25, 0.3) is 0 Å². The lowest BCUT2D eigenvalue weighted by atomic mass is 10.0. The minimum absolute atomic E-state index is 0.0503. The number of hydrogen-bond acceptors (Lipinski definition) is 3. The monoisotopic (exact) mass is 273 g/mol. The number of nitrogens with one attached hydrogen (secondary N) is 1. The number of ether oxygens (including phenoxy) is 1. The Morgan fingerprint density at radius 3 is 2.45 bits per heavy atom. The molecule has 0 aliphatic heterocycles. The molecule has 0 aliphatic rings. The van der Waals surface area contributed by atoms with Gasteiger partial charge in [0.1, 0.15) is 0 Å². The van der Waals surface area contributed by atoms with Gasteiger partial charge < -0.3 is 10.1 Å². The van der Waals surface area contributed by atoms with E-state index in [9.17, 15) is 9.59 Å². The van der Waals surface area contributed by atoms with Crippen LogP contribution >= 0.6 is 0 Å². The summed E-state index contributed by atoms with van der Waals surface area (Å²) in [6.45, 7) is 5.01. The summed E-state index contributed by atoms with van der Waals surface area (Å²) in [5.74, 6) is 1.69. The van der Waals surface area contributed by atoms with Gasteiger partial charge in [-0.15, -0.1) is 6.42 Å². The van der Waals surface area contributed by atoms with E-state index in [2.05, 4.69) is 11.2 Å². The number of rotatable bonds is 5. The normalized spacial score (nSPS) is 12.9. The Morgan fingerprint density at radius 2 is 1.95 bits per heavy atom. The quantitative estimate of drug-likeness (QED) is 0.660. The lowest BCUT2D eigenvalue weighted by molar-refractivity contribution is -0.146. The molecule has 0 fully saturated rings. The molecule has 4 heteroatoms. The van der Waals surface area contributed by atoms with E-state index in [4.69, 9.17) is 11.2 Å². The fraction of sp³-hybridized carbons (Fsp3) is 0.375. The lowest BCUT2D eigenvalue weighted by Gasteiger charge is -2.18. The van der Waals surface area contributed by atoms with Crippen molar-refractivity contribution < 1.29 is 14.3 Å². The minimum atomic E-state index is -0.571. The molecule has 20 heavy (non-hydrogen) atoms. The third-order valence-corrected chi connectivity index (χ3v) is 2.77. The van der Waals surface area contributed by atoms with Gasteiger partial charge in [-0.3, -0.25) is 9.59 Å². The molecule has 1 N–H and O–H groups in total. The van der Waals surface area contributed by atoms with Crippen molar-refractivity contribution in [2.45, 2.75) is 39.3 Å². The van der Waals surface area contributed by atoms with Crippen LogP contribution in [-0.2, 0) is 14.3 Å². The van der Waals surface area contributed by atoms with Crippen molar-refractivity contribution in [2.24, 2.45) is 0 Å². The van der Waals surface area contributed by atoms with E-state index in [1.54, 1.807) is 6.92 Å². The average Bonchev–Trinajstić information content (AvgIpc) is 2.38. The maximum Gasteiger partial charge on any atom is 0.309 e. The Bertz CT molecular complexity index is 514. The molecule has 0 heterocycles. The molecule has 0 aromatic heterocycles. The van der Waals surface area contributed by atoms with Crippen LogP contribution in [0.1, 0.15) is 37.4 Å². The fourth-order valence-electron chi connectivity index (χ4n) is 1.74. The number of esters is 1. The highest BCUT2D eigenvalue weighted by Crippen LogP contribution is 2.18. The summed E-state index contributed by atoms with van der Waals surface area (Å²) in [4.78, 5) is 23.0. The first-order chi connectivity index (χ1) is 9.42. The van der Waals surface area contributed by atoms with E-state index in [0.29, 0.717) is 0 Å². The highest BCUT2D eigenvalue weighted by molar-refractivity contribution is 5.76. The fourth-order valence-corrected chi connectivity index (χ4v) is 1.74. The highest BCUT2D eigenvalue weighted by Gasteiger charge is 2.19. The lowest BCUT2D eigenvalue weighted by Crippen LogP contribution is -2.29. The SMILES string of the molecule is C#C[C@@H](C)OC(=O)C[C@H](NC(C)=O)c1ccc(C)cc1. The molecular formula is C16H19NO3. The highest BCUT2D eigenvalue weighted by atomic mass is 16.5. The van der Waals surface area contributed by atoms with Crippen LogP contribution in [0.5, 0.6) is 0 Å². The zero-order chi connectivity index (χ0) is 15.1. The molecule has 1 amide bonds. The number of carbonyl (C=O) groups is 2. The number of carbonyl (C=O) groups excluding carboxylic acids is 2. The third-order valence-electron chi connectivity index (χ3n) is 2.77. The maximum absolute atomic E-state index is 11.8. The van der Waals surface area contributed by atoms with Crippen molar-refractivity contribution in [3.05, 3.63) is 35.4 Å². The Labute approximate surface area is 119 Å². The summed E-state index contributed by atoms with van der Waals surface area (Å²) in [5, 5.41) is 2.75. The molecule has 0 spiro atoms. The van der Waals surface area contributed by atoms with Crippen molar-refractivity contribution in [3.8, 4) is 12.3 Å². The van der Waals surface area contributed by atoms with E-state index >= 15 is 0 Å². The van der Waals surface area contributed by atoms with Gasteiger partial charge in [-0.2, -0.15) is 0 Å². The zero-order valence-corrected chi connectivity index (χ0v) is 12.0.